The van der Waals surface area contributed by atoms with Crippen molar-refractivity contribution in [3.63, 3.8) is 0 Å². The molecule has 3 heterocycles. The number of rotatable bonds is 8. The monoisotopic (exact) mass is 467 g/mol. The van der Waals surface area contributed by atoms with E-state index in [9.17, 15) is 9.59 Å². The molecule has 32 heavy (non-hydrogen) atoms. The first kappa shape index (κ1) is 22.4. The Morgan fingerprint density at radius 3 is 2.75 bits per heavy atom. The number of amides is 1. The zero-order valence-electron chi connectivity index (χ0n) is 18.2. The first-order valence-corrected chi connectivity index (χ1v) is 12.4. The number of aromatic nitrogens is 2. The van der Waals surface area contributed by atoms with Crippen molar-refractivity contribution in [2.45, 2.75) is 38.9 Å². The van der Waals surface area contributed by atoms with Gasteiger partial charge in [-0.3, -0.25) is 9.59 Å². The number of fused-ring (bicyclic) bond motifs is 1. The largest absolute Gasteiger partial charge is 0.464 e. The molecule has 1 unspecified atom stereocenters. The molecule has 0 spiro atoms. The molecule has 0 aliphatic heterocycles. The molecule has 0 saturated heterocycles. The molecule has 3 aromatic heterocycles. The Hall–Kier alpha value is -2.84. The van der Waals surface area contributed by atoms with Gasteiger partial charge >= 0.3 is 0 Å². The van der Waals surface area contributed by atoms with Crippen LogP contribution in [0, 0.1) is 13.8 Å². The third-order valence-corrected chi connectivity index (χ3v) is 7.42. The fourth-order valence-electron chi connectivity index (χ4n) is 3.56. The minimum atomic E-state index is -0.155. The lowest BCUT2D eigenvalue weighted by molar-refractivity contribution is -0.116. The number of para-hydroxylation sites is 1. The number of aryl methyl sites for hydroxylation is 2. The Kier molecular flexibility index (Phi) is 6.81. The number of aromatic amines is 1. The van der Waals surface area contributed by atoms with Gasteiger partial charge in [0.1, 0.15) is 16.4 Å². The fraction of sp³-hybridized carbons (Fsp3) is 0.292. The maximum absolute atomic E-state index is 12.7. The topological polar surface area (TPSA) is 88.0 Å². The fourth-order valence-corrected chi connectivity index (χ4v) is 5.43. The zero-order valence-corrected chi connectivity index (χ0v) is 19.9. The van der Waals surface area contributed by atoms with Gasteiger partial charge < -0.3 is 14.7 Å². The Labute approximate surface area is 194 Å². The summed E-state index contributed by atoms with van der Waals surface area (Å²) in [5.41, 5.74) is 3.65. The second-order valence-electron chi connectivity index (χ2n) is 7.69. The van der Waals surface area contributed by atoms with Crippen molar-refractivity contribution in [2.75, 3.05) is 11.1 Å². The third kappa shape index (κ3) is 4.81. The average Bonchev–Trinajstić information content (AvgIpc) is 3.43. The van der Waals surface area contributed by atoms with E-state index in [1.54, 1.807) is 24.1 Å². The summed E-state index contributed by atoms with van der Waals surface area (Å²) in [4.78, 5) is 33.4. The van der Waals surface area contributed by atoms with Gasteiger partial charge in [-0.2, -0.15) is 11.8 Å². The predicted octanol–water partition coefficient (Wildman–Crippen LogP) is 6.07. The van der Waals surface area contributed by atoms with Crippen molar-refractivity contribution in [1.82, 2.24) is 9.97 Å². The number of hydrogen-bond acceptors (Lipinski definition) is 6. The summed E-state index contributed by atoms with van der Waals surface area (Å²) in [6.45, 7) is 6.01. The normalized spacial score (nSPS) is 12.2. The van der Waals surface area contributed by atoms with Crippen molar-refractivity contribution >= 4 is 44.9 Å². The molecule has 2 N–H and O–H groups in total. The van der Waals surface area contributed by atoms with Crippen LogP contribution in [0.5, 0.6) is 0 Å². The molecule has 6 nitrogen and oxygen atoms in total. The van der Waals surface area contributed by atoms with Crippen LogP contribution in [-0.2, 0) is 4.79 Å². The van der Waals surface area contributed by atoms with Gasteiger partial charge in [-0.1, -0.05) is 18.2 Å². The number of thiophene rings is 1. The SMILES string of the molecule is Cc1cccc(C)c1NC(=O)CCCSC(C)c1nc2scc(-c3ccco3)c2c(=O)[nH]1. The molecule has 1 aromatic carbocycles. The van der Waals surface area contributed by atoms with Gasteiger partial charge in [0, 0.05) is 23.1 Å². The molecule has 0 saturated carbocycles. The van der Waals surface area contributed by atoms with Crippen LogP contribution >= 0.6 is 23.1 Å². The lowest BCUT2D eigenvalue weighted by Gasteiger charge is -2.12. The number of anilines is 1. The highest BCUT2D eigenvalue weighted by Crippen LogP contribution is 2.33. The molecular weight excluding hydrogens is 442 g/mol. The Bertz CT molecular complexity index is 1270. The molecule has 0 bridgehead atoms. The van der Waals surface area contributed by atoms with E-state index >= 15 is 0 Å². The van der Waals surface area contributed by atoms with Crippen LogP contribution in [0.4, 0.5) is 5.69 Å². The Balaban J connectivity index is 1.34. The minimum absolute atomic E-state index is 0.0166. The van der Waals surface area contributed by atoms with Crippen molar-refractivity contribution in [2.24, 2.45) is 0 Å². The molecule has 1 amide bonds. The number of carbonyl (C=O) groups excluding carboxylic acids is 1. The summed E-state index contributed by atoms with van der Waals surface area (Å²) in [5.74, 6) is 2.14. The number of nitrogens with one attached hydrogen (secondary N) is 2. The summed E-state index contributed by atoms with van der Waals surface area (Å²) in [6.07, 6.45) is 2.80. The number of hydrogen-bond donors (Lipinski definition) is 2. The summed E-state index contributed by atoms with van der Waals surface area (Å²) in [7, 11) is 0. The molecule has 1 atom stereocenters. The van der Waals surface area contributed by atoms with E-state index in [4.69, 9.17) is 4.42 Å². The van der Waals surface area contributed by atoms with E-state index in [2.05, 4.69) is 15.3 Å². The first-order chi connectivity index (χ1) is 15.4. The highest BCUT2D eigenvalue weighted by Gasteiger charge is 2.17. The number of H-pyrrole nitrogens is 1. The molecule has 0 radical (unpaired) electrons. The molecule has 8 heteroatoms. The average molecular weight is 468 g/mol. The standard InChI is InChI=1S/C24H25N3O3S2/c1-14-7-4-8-15(2)21(14)25-19(28)10-6-12-31-16(3)22-26-23(29)20-17(13-32-24(20)27-22)18-9-5-11-30-18/h4-5,7-9,11,13,16H,6,10,12H2,1-3H3,(H,25,28)(H,26,27,29). The van der Waals surface area contributed by atoms with E-state index < -0.39 is 0 Å². The molecule has 4 aromatic rings. The predicted molar refractivity (Wildman–Crippen MR) is 133 cm³/mol. The van der Waals surface area contributed by atoms with Gasteiger partial charge in [0.25, 0.3) is 5.56 Å². The van der Waals surface area contributed by atoms with Crippen molar-refractivity contribution < 1.29 is 9.21 Å². The first-order valence-electron chi connectivity index (χ1n) is 10.5. The van der Waals surface area contributed by atoms with Gasteiger partial charge in [0.2, 0.25) is 5.91 Å². The number of carbonyl (C=O) groups is 1. The van der Waals surface area contributed by atoms with E-state index in [-0.39, 0.29) is 16.7 Å². The quantitative estimate of drug-likeness (QED) is 0.307. The van der Waals surface area contributed by atoms with E-state index in [1.165, 1.54) is 11.3 Å². The van der Waals surface area contributed by atoms with Gasteiger partial charge in [0.15, 0.2) is 0 Å². The van der Waals surface area contributed by atoms with Crippen molar-refractivity contribution in [1.29, 1.82) is 0 Å². The molecule has 0 aliphatic carbocycles. The second kappa shape index (κ2) is 9.75. The highest BCUT2D eigenvalue weighted by molar-refractivity contribution is 7.99. The number of benzene rings is 1. The summed E-state index contributed by atoms with van der Waals surface area (Å²) in [5, 5.41) is 5.51. The number of nitrogens with zero attached hydrogens (tertiary/aromatic N) is 1. The Morgan fingerprint density at radius 2 is 2.03 bits per heavy atom. The van der Waals surface area contributed by atoms with E-state index in [1.807, 2.05) is 50.4 Å². The molecule has 0 fully saturated rings. The Morgan fingerprint density at radius 1 is 1.25 bits per heavy atom. The van der Waals surface area contributed by atoms with Crippen LogP contribution in [0.2, 0.25) is 0 Å². The summed E-state index contributed by atoms with van der Waals surface area (Å²) < 4.78 is 5.44. The van der Waals surface area contributed by atoms with E-state index in [0.29, 0.717) is 28.2 Å². The smallest absolute Gasteiger partial charge is 0.260 e. The van der Waals surface area contributed by atoms with Crippen LogP contribution in [-0.4, -0.2) is 21.6 Å². The van der Waals surface area contributed by atoms with Crippen LogP contribution in [0.3, 0.4) is 0 Å². The van der Waals surface area contributed by atoms with Crippen LogP contribution in [0.15, 0.2) is 51.2 Å². The molecule has 4 rings (SSSR count). The van der Waals surface area contributed by atoms with Crippen molar-refractivity contribution in [3.8, 4) is 11.3 Å². The lowest BCUT2D eigenvalue weighted by atomic mass is 10.1. The van der Waals surface area contributed by atoms with Gasteiger partial charge in [-0.25, -0.2) is 4.98 Å². The maximum Gasteiger partial charge on any atom is 0.260 e. The number of thioether (sulfide) groups is 1. The zero-order chi connectivity index (χ0) is 22.7. The van der Waals surface area contributed by atoms with Crippen LogP contribution in [0.25, 0.3) is 21.5 Å². The summed E-state index contributed by atoms with van der Waals surface area (Å²) in [6, 6.07) is 9.62. The van der Waals surface area contributed by atoms with Gasteiger partial charge in [0.05, 0.1) is 16.9 Å². The van der Waals surface area contributed by atoms with Gasteiger partial charge in [-0.05, 0) is 56.2 Å². The molecular formula is C24H25N3O3S2. The maximum atomic E-state index is 12.7. The second-order valence-corrected chi connectivity index (χ2v) is 10.00. The van der Waals surface area contributed by atoms with Gasteiger partial charge in [-0.15, -0.1) is 11.3 Å². The minimum Gasteiger partial charge on any atom is -0.464 e. The van der Waals surface area contributed by atoms with Crippen LogP contribution in [0.1, 0.15) is 42.0 Å². The van der Waals surface area contributed by atoms with E-state index in [0.717, 1.165) is 34.6 Å². The van der Waals surface area contributed by atoms with Crippen molar-refractivity contribution in [3.05, 3.63) is 69.3 Å². The molecule has 166 valence electrons. The van der Waals surface area contributed by atoms with Crippen LogP contribution < -0.4 is 10.9 Å². The molecule has 0 aliphatic rings. The lowest BCUT2D eigenvalue weighted by Crippen LogP contribution is -2.14. The highest BCUT2D eigenvalue weighted by atomic mass is 32.2. The third-order valence-electron chi connectivity index (χ3n) is 5.30. The summed E-state index contributed by atoms with van der Waals surface area (Å²) >= 11 is 3.12. The number of furan rings is 1.